The van der Waals surface area contributed by atoms with Gasteiger partial charge < -0.3 is 9.47 Å². The van der Waals surface area contributed by atoms with Gasteiger partial charge in [-0.1, -0.05) is 0 Å². The number of rotatable bonds is 2. The van der Waals surface area contributed by atoms with Crippen LogP contribution in [-0.2, 0) is 19.1 Å². The van der Waals surface area contributed by atoms with Crippen LogP contribution in [0.25, 0.3) is 0 Å². The van der Waals surface area contributed by atoms with E-state index in [0.717, 1.165) is 12.8 Å². The van der Waals surface area contributed by atoms with Crippen molar-refractivity contribution in [1.29, 1.82) is 0 Å². The Hall–Kier alpha value is -1.06. The van der Waals surface area contributed by atoms with Gasteiger partial charge in [0, 0.05) is 0 Å². The number of methoxy groups -OCH3 is 2. The first-order valence-electron chi connectivity index (χ1n) is 4.34. The lowest BCUT2D eigenvalue weighted by Gasteiger charge is -2.62. The highest BCUT2D eigenvalue weighted by molar-refractivity contribution is 6.03. The highest BCUT2D eigenvalue weighted by Crippen LogP contribution is 2.68. The molecule has 0 aromatic carbocycles. The van der Waals surface area contributed by atoms with Crippen LogP contribution in [0.4, 0.5) is 0 Å². The van der Waals surface area contributed by atoms with Crippen molar-refractivity contribution in [2.24, 2.45) is 17.3 Å². The number of hydrogen-bond acceptors (Lipinski definition) is 4. The second-order valence-electron chi connectivity index (χ2n) is 3.72. The monoisotopic (exact) mass is 184 g/mol. The van der Waals surface area contributed by atoms with E-state index in [-0.39, 0.29) is 11.8 Å². The third-order valence-electron chi connectivity index (χ3n) is 3.47. The summed E-state index contributed by atoms with van der Waals surface area (Å²) >= 11 is 0. The summed E-state index contributed by atoms with van der Waals surface area (Å²) < 4.78 is 9.28. The second-order valence-corrected chi connectivity index (χ2v) is 3.72. The normalized spacial score (nSPS) is 32.5. The molecule has 4 nitrogen and oxygen atoms in total. The Morgan fingerprint density at radius 2 is 1.46 bits per heavy atom. The zero-order valence-electron chi connectivity index (χ0n) is 7.70. The number of hydrogen-bond donors (Lipinski definition) is 0. The molecule has 0 aromatic heterocycles. The molecule has 0 spiro atoms. The molecule has 0 aliphatic heterocycles. The summed E-state index contributed by atoms with van der Waals surface area (Å²) in [5.74, 6) is -0.520. The maximum Gasteiger partial charge on any atom is 0.323 e. The van der Waals surface area contributed by atoms with Gasteiger partial charge in [-0.25, -0.2) is 0 Å². The van der Waals surface area contributed by atoms with E-state index >= 15 is 0 Å². The topological polar surface area (TPSA) is 52.6 Å². The maximum absolute atomic E-state index is 11.4. The van der Waals surface area contributed by atoms with Crippen LogP contribution in [0.15, 0.2) is 0 Å². The Balaban J connectivity index is 2.23. The van der Waals surface area contributed by atoms with Gasteiger partial charge in [0.1, 0.15) is 0 Å². The molecule has 0 aromatic rings. The molecule has 0 heterocycles. The van der Waals surface area contributed by atoms with Crippen LogP contribution in [0.5, 0.6) is 0 Å². The first kappa shape index (κ1) is 8.53. The summed E-state index contributed by atoms with van der Waals surface area (Å²) in [6.45, 7) is 0. The van der Waals surface area contributed by atoms with Gasteiger partial charge >= 0.3 is 11.9 Å². The molecule has 0 atom stereocenters. The quantitative estimate of drug-likeness (QED) is 0.459. The largest absolute Gasteiger partial charge is 0.468 e. The minimum Gasteiger partial charge on any atom is -0.468 e. The fourth-order valence-electron chi connectivity index (χ4n) is 2.46. The average Bonchev–Trinajstić information content (AvgIpc) is 1.99. The molecule has 2 bridgehead atoms. The standard InChI is InChI=1S/C9H12O4/c1-12-7(10)9(8(11)13-2)5-3-6(9)4-5/h5-6H,3-4H2,1-2H3. The van der Waals surface area contributed by atoms with Crippen molar-refractivity contribution in [1.82, 2.24) is 0 Å². The Morgan fingerprint density at radius 1 is 1.08 bits per heavy atom. The van der Waals surface area contributed by atoms with Crippen molar-refractivity contribution in [3.63, 3.8) is 0 Å². The van der Waals surface area contributed by atoms with Crippen molar-refractivity contribution < 1.29 is 19.1 Å². The van der Waals surface area contributed by atoms with E-state index in [0.29, 0.717) is 0 Å². The Kier molecular flexibility index (Phi) is 1.62. The fourth-order valence-corrected chi connectivity index (χ4v) is 2.46. The minimum absolute atomic E-state index is 0.164. The minimum atomic E-state index is -0.927. The van der Waals surface area contributed by atoms with Crippen LogP contribution in [0.3, 0.4) is 0 Å². The molecule has 0 N–H and O–H groups in total. The molecule has 72 valence electrons. The molecule has 3 saturated carbocycles. The number of ether oxygens (including phenoxy) is 2. The smallest absolute Gasteiger partial charge is 0.323 e. The average molecular weight is 184 g/mol. The molecular weight excluding hydrogens is 172 g/mol. The summed E-state index contributed by atoms with van der Waals surface area (Å²) in [6, 6.07) is 0. The molecule has 0 saturated heterocycles. The molecule has 0 unspecified atom stereocenters. The van der Waals surface area contributed by atoms with E-state index in [1.54, 1.807) is 0 Å². The highest BCUT2D eigenvalue weighted by Gasteiger charge is 2.75. The maximum atomic E-state index is 11.4. The predicted molar refractivity (Wildman–Crippen MR) is 42.7 cm³/mol. The van der Waals surface area contributed by atoms with Crippen LogP contribution in [0.1, 0.15) is 12.8 Å². The third-order valence-corrected chi connectivity index (χ3v) is 3.47. The Labute approximate surface area is 76.2 Å². The lowest BCUT2D eigenvalue weighted by atomic mass is 9.38. The zero-order valence-corrected chi connectivity index (χ0v) is 7.70. The van der Waals surface area contributed by atoms with Crippen LogP contribution in [-0.4, -0.2) is 26.2 Å². The van der Waals surface area contributed by atoms with Gasteiger partial charge in [0.2, 0.25) is 0 Å². The fraction of sp³-hybridized carbons (Fsp3) is 0.778. The van der Waals surface area contributed by atoms with Crippen LogP contribution < -0.4 is 0 Å². The SMILES string of the molecule is COC(=O)C1(C(=O)OC)C2CC1C2. The molecule has 13 heavy (non-hydrogen) atoms. The van der Waals surface area contributed by atoms with Crippen molar-refractivity contribution >= 4 is 11.9 Å². The summed E-state index contributed by atoms with van der Waals surface area (Å²) in [4.78, 5) is 22.9. The molecule has 0 amide bonds. The summed E-state index contributed by atoms with van der Waals surface area (Å²) in [7, 11) is 2.62. The summed E-state index contributed by atoms with van der Waals surface area (Å²) in [5.41, 5.74) is -0.927. The van der Waals surface area contributed by atoms with Gasteiger partial charge in [-0.2, -0.15) is 0 Å². The van der Waals surface area contributed by atoms with Gasteiger partial charge in [-0.15, -0.1) is 0 Å². The molecular formula is C9H12O4. The Bertz CT molecular complexity index is 239. The van der Waals surface area contributed by atoms with Crippen LogP contribution in [0, 0.1) is 17.3 Å². The van der Waals surface area contributed by atoms with E-state index in [9.17, 15) is 9.59 Å². The molecule has 3 fully saturated rings. The van der Waals surface area contributed by atoms with E-state index in [1.807, 2.05) is 0 Å². The summed E-state index contributed by atoms with van der Waals surface area (Å²) in [6.07, 6.45) is 1.93. The highest BCUT2D eigenvalue weighted by atomic mass is 16.5. The van der Waals surface area contributed by atoms with E-state index in [2.05, 4.69) is 9.47 Å². The third kappa shape index (κ3) is 0.716. The number of carbonyl (C=O) groups excluding carboxylic acids is 2. The molecule has 3 aliphatic rings. The van der Waals surface area contributed by atoms with Crippen molar-refractivity contribution in [3.05, 3.63) is 0 Å². The van der Waals surface area contributed by atoms with Gasteiger partial charge in [0.05, 0.1) is 14.2 Å². The zero-order chi connectivity index (χ0) is 9.64. The second kappa shape index (κ2) is 2.47. The number of esters is 2. The summed E-state index contributed by atoms with van der Waals surface area (Å²) in [5, 5.41) is 0. The lowest BCUT2D eigenvalue weighted by Crippen LogP contribution is -2.69. The van der Waals surface area contributed by atoms with E-state index in [4.69, 9.17) is 0 Å². The van der Waals surface area contributed by atoms with Crippen molar-refractivity contribution in [2.75, 3.05) is 14.2 Å². The number of carbonyl (C=O) groups is 2. The first-order chi connectivity index (χ1) is 6.17. The lowest BCUT2D eigenvalue weighted by molar-refractivity contribution is -0.226. The predicted octanol–water partition coefficient (Wildman–Crippen LogP) is 0.359. The first-order valence-corrected chi connectivity index (χ1v) is 4.34. The molecule has 3 aliphatic carbocycles. The molecule has 0 radical (unpaired) electrons. The van der Waals surface area contributed by atoms with Crippen molar-refractivity contribution in [3.8, 4) is 0 Å². The van der Waals surface area contributed by atoms with E-state index in [1.165, 1.54) is 14.2 Å². The van der Waals surface area contributed by atoms with Gasteiger partial charge in [-0.05, 0) is 24.7 Å². The molecule has 4 heteroatoms. The molecule has 3 rings (SSSR count). The van der Waals surface area contributed by atoms with Gasteiger partial charge in [0.15, 0.2) is 5.41 Å². The van der Waals surface area contributed by atoms with Crippen LogP contribution in [0.2, 0.25) is 0 Å². The van der Waals surface area contributed by atoms with Crippen LogP contribution >= 0.6 is 0 Å². The Morgan fingerprint density at radius 3 is 1.62 bits per heavy atom. The van der Waals surface area contributed by atoms with Crippen molar-refractivity contribution in [2.45, 2.75) is 12.8 Å². The van der Waals surface area contributed by atoms with E-state index < -0.39 is 17.4 Å². The van der Waals surface area contributed by atoms with Gasteiger partial charge in [0.25, 0.3) is 0 Å². The van der Waals surface area contributed by atoms with Gasteiger partial charge in [-0.3, -0.25) is 9.59 Å².